The Morgan fingerprint density at radius 3 is 2.72 bits per heavy atom. The van der Waals surface area contributed by atoms with Crippen molar-refractivity contribution < 1.29 is 9.18 Å². The Bertz CT molecular complexity index is 438. The van der Waals surface area contributed by atoms with Crippen LogP contribution >= 0.6 is 23.2 Å². The summed E-state index contributed by atoms with van der Waals surface area (Å²) in [6.07, 6.45) is -0.741. The van der Waals surface area contributed by atoms with Crippen molar-refractivity contribution in [3.8, 4) is 0 Å². The summed E-state index contributed by atoms with van der Waals surface area (Å²) in [5, 5.41) is 6.06. The van der Waals surface area contributed by atoms with E-state index < -0.39 is 12.2 Å². The molecule has 0 aromatic carbocycles. The fourth-order valence-electron chi connectivity index (χ4n) is 1.82. The van der Waals surface area contributed by atoms with Crippen molar-refractivity contribution in [1.29, 1.82) is 0 Å². The fraction of sp³-hybridized carbons (Fsp3) is 0.455. The second-order valence-electron chi connectivity index (χ2n) is 4.13. The maximum atomic E-state index is 12.9. The standard InChI is InChI=1S/C11H12Cl2FN3O/c12-9-1-6(2-10(13)17-9)4-16-11(18)8-3-7(14)5-15-8/h1-2,7-8,15H,3-5H2,(H,16,18)/t7-,8+/m1/s1. The number of rotatable bonds is 3. The van der Waals surface area contributed by atoms with Crippen molar-refractivity contribution >= 4 is 29.1 Å². The highest BCUT2D eigenvalue weighted by molar-refractivity contribution is 6.32. The third-order valence-electron chi connectivity index (χ3n) is 2.68. The molecule has 0 saturated carbocycles. The number of halogens is 3. The monoisotopic (exact) mass is 291 g/mol. The summed E-state index contributed by atoms with van der Waals surface area (Å²) in [5.74, 6) is -0.223. The first-order chi connectivity index (χ1) is 8.54. The van der Waals surface area contributed by atoms with E-state index in [1.807, 2.05) is 0 Å². The lowest BCUT2D eigenvalue weighted by Crippen LogP contribution is -2.40. The molecule has 1 amide bonds. The topological polar surface area (TPSA) is 54.0 Å². The van der Waals surface area contributed by atoms with Crippen molar-refractivity contribution in [3.63, 3.8) is 0 Å². The first-order valence-electron chi connectivity index (χ1n) is 5.51. The van der Waals surface area contributed by atoms with E-state index in [1.54, 1.807) is 12.1 Å². The number of hydrogen-bond acceptors (Lipinski definition) is 3. The van der Waals surface area contributed by atoms with Gasteiger partial charge in [-0.05, 0) is 17.7 Å². The molecule has 1 aromatic heterocycles. The number of pyridine rings is 1. The molecular formula is C11H12Cl2FN3O. The number of carbonyl (C=O) groups is 1. The van der Waals surface area contributed by atoms with Gasteiger partial charge < -0.3 is 10.6 Å². The van der Waals surface area contributed by atoms with Crippen LogP contribution in [0.4, 0.5) is 4.39 Å². The largest absolute Gasteiger partial charge is 0.351 e. The minimum absolute atomic E-state index is 0.212. The van der Waals surface area contributed by atoms with Crippen molar-refractivity contribution in [2.75, 3.05) is 6.54 Å². The predicted octanol–water partition coefficient (Wildman–Crippen LogP) is 1.70. The van der Waals surface area contributed by atoms with Crippen molar-refractivity contribution in [3.05, 3.63) is 28.0 Å². The third-order valence-corrected chi connectivity index (χ3v) is 3.07. The fourth-order valence-corrected chi connectivity index (χ4v) is 2.33. The summed E-state index contributed by atoms with van der Waals surface area (Å²) < 4.78 is 12.9. The number of nitrogens with one attached hydrogen (secondary N) is 2. The molecule has 0 unspecified atom stereocenters. The van der Waals surface area contributed by atoms with Gasteiger partial charge in [-0.25, -0.2) is 9.37 Å². The zero-order valence-corrected chi connectivity index (χ0v) is 10.9. The van der Waals surface area contributed by atoms with E-state index in [2.05, 4.69) is 15.6 Å². The minimum Gasteiger partial charge on any atom is -0.351 e. The molecule has 0 aliphatic carbocycles. The molecule has 98 valence electrons. The summed E-state index contributed by atoms with van der Waals surface area (Å²) in [6, 6.07) is 2.77. The molecule has 0 spiro atoms. The second kappa shape index (κ2) is 5.82. The van der Waals surface area contributed by atoms with Crippen LogP contribution in [0.1, 0.15) is 12.0 Å². The molecule has 7 heteroatoms. The van der Waals surface area contributed by atoms with Crippen LogP contribution in [0.3, 0.4) is 0 Å². The molecule has 1 aliphatic heterocycles. The lowest BCUT2D eigenvalue weighted by Gasteiger charge is -2.11. The highest BCUT2D eigenvalue weighted by Crippen LogP contribution is 2.15. The average molecular weight is 292 g/mol. The van der Waals surface area contributed by atoms with E-state index in [0.717, 1.165) is 5.56 Å². The van der Waals surface area contributed by atoms with Gasteiger partial charge in [0.1, 0.15) is 16.5 Å². The maximum Gasteiger partial charge on any atom is 0.237 e. The van der Waals surface area contributed by atoms with Crippen LogP contribution in [0.15, 0.2) is 12.1 Å². The second-order valence-corrected chi connectivity index (χ2v) is 4.91. The number of amides is 1. The molecule has 4 nitrogen and oxygen atoms in total. The molecule has 1 aromatic rings. The molecule has 2 heterocycles. The van der Waals surface area contributed by atoms with Gasteiger partial charge in [-0.3, -0.25) is 4.79 Å². The number of hydrogen-bond donors (Lipinski definition) is 2. The van der Waals surface area contributed by atoms with Crippen LogP contribution in [0.5, 0.6) is 0 Å². The lowest BCUT2D eigenvalue weighted by atomic mass is 10.2. The Kier molecular flexibility index (Phi) is 4.37. The molecule has 2 atom stereocenters. The number of nitrogens with zero attached hydrogens (tertiary/aromatic N) is 1. The van der Waals surface area contributed by atoms with Crippen LogP contribution in [0, 0.1) is 0 Å². The molecular weight excluding hydrogens is 280 g/mol. The normalized spacial score (nSPS) is 23.1. The van der Waals surface area contributed by atoms with Gasteiger partial charge in [0.05, 0.1) is 6.04 Å². The Morgan fingerprint density at radius 2 is 2.17 bits per heavy atom. The maximum absolute atomic E-state index is 12.9. The summed E-state index contributed by atoms with van der Waals surface area (Å²) in [5.41, 5.74) is 0.753. The smallest absolute Gasteiger partial charge is 0.237 e. The van der Waals surface area contributed by atoms with Gasteiger partial charge in [-0.1, -0.05) is 23.2 Å². The molecule has 1 aliphatic rings. The molecule has 18 heavy (non-hydrogen) atoms. The van der Waals surface area contributed by atoms with Crippen LogP contribution in [-0.2, 0) is 11.3 Å². The van der Waals surface area contributed by atoms with Crippen molar-refractivity contribution in [2.24, 2.45) is 0 Å². The van der Waals surface area contributed by atoms with Gasteiger partial charge in [0.2, 0.25) is 5.91 Å². The summed E-state index contributed by atoms with van der Waals surface area (Å²) >= 11 is 11.5. The van der Waals surface area contributed by atoms with E-state index in [9.17, 15) is 9.18 Å². The van der Waals surface area contributed by atoms with E-state index in [4.69, 9.17) is 23.2 Å². The molecule has 2 rings (SSSR count). The van der Waals surface area contributed by atoms with E-state index in [-0.39, 0.29) is 35.7 Å². The summed E-state index contributed by atoms with van der Waals surface area (Å²) in [6.45, 7) is 0.515. The predicted molar refractivity (Wildman–Crippen MR) is 67.4 cm³/mol. The zero-order valence-electron chi connectivity index (χ0n) is 9.42. The van der Waals surface area contributed by atoms with E-state index in [0.29, 0.717) is 0 Å². The van der Waals surface area contributed by atoms with Gasteiger partial charge in [0, 0.05) is 19.5 Å². The van der Waals surface area contributed by atoms with Crippen LogP contribution in [0.2, 0.25) is 10.3 Å². The third kappa shape index (κ3) is 3.54. The number of alkyl halides is 1. The van der Waals surface area contributed by atoms with Gasteiger partial charge in [-0.15, -0.1) is 0 Å². The Balaban J connectivity index is 1.89. The van der Waals surface area contributed by atoms with Gasteiger partial charge in [0.25, 0.3) is 0 Å². The molecule has 0 radical (unpaired) electrons. The SMILES string of the molecule is O=C(NCc1cc(Cl)nc(Cl)c1)[C@@H]1C[C@@H](F)CN1. The van der Waals surface area contributed by atoms with Gasteiger partial charge >= 0.3 is 0 Å². The molecule has 1 saturated heterocycles. The van der Waals surface area contributed by atoms with E-state index in [1.165, 1.54) is 0 Å². The zero-order chi connectivity index (χ0) is 13.1. The van der Waals surface area contributed by atoms with Crippen LogP contribution in [-0.4, -0.2) is 29.6 Å². The Morgan fingerprint density at radius 1 is 1.50 bits per heavy atom. The minimum atomic E-state index is -0.953. The average Bonchev–Trinajstić information content (AvgIpc) is 2.71. The first-order valence-corrected chi connectivity index (χ1v) is 6.27. The molecule has 2 N–H and O–H groups in total. The highest BCUT2D eigenvalue weighted by Gasteiger charge is 2.28. The Hall–Kier alpha value is -0.910. The van der Waals surface area contributed by atoms with Gasteiger partial charge in [-0.2, -0.15) is 0 Å². The lowest BCUT2D eigenvalue weighted by molar-refractivity contribution is -0.123. The van der Waals surface area contributed by atoms with Crippen molar-refractivity contribution in [2.45, 2.75) is 25.2 Å². The summed E-state index contributed by atoms with van der Waals surface area (Å²) in [7, 11) is 0. The quantitative estimate of drug-likeness (QED) is 0.834. The number of aromatic nitrogens is 1. The van der Waals surface area contributed by atoms with Crippen molar-refractivity contribution in [1.82, 2.24) is 15.6 Å². The van der Waals surface area contributed by atoms with E-state index >= 15 is 0 Å². The number of carbonyl (C=O) groups excluding carboxylic acids is 1. The van der Waals surface area contributed by atoms with Crippen LogP contribution < -0.4 is 10.6 Å². The molecule has 0 bridgehead atoms. The van der Waals surface area contributed by atoms with Gasteiger partial charge in [0.15, 0.2) is 0 Å². The molecule has 1 fully saturated rings. The highest BCUT2D eigenvalue weighted by atomic mass is 35.5. The van der Waals surface area contributed by atoms with Crippen LogP contribution in [0.25, 0.3) is 0 Å². The summed E-state index contributed by atoms with van der Waals surface area (Å²) in [4.78, 5) is 15.5. The Labute approximate surface area is 114 Å². The first kappa shape index (κ1) is 13.5.